The molecule has 0 unspecified atom stereocenters. The molecule has 4 rings (SSSR count). The summed E-state index contributed by atoms with van der Waals surface area (Å²) in [4.78, 5) is 18.8. The molecule has 0 aliphatic carbocycles. The van der Waals surface area contributed by atoms with Crippen molar-refractivity contribution in [2.24, 2.45) is 0 Å². The Morgan fingerprint density at radius 2 is 1.59 bits per heavy atom. The first-order valence-corrected chi connectivity index (χ1v) is 11.2. The molecule has 148 valence electrons. The number of hydrogen-bond acceptors (Lipinski definition) is 4. The van der Waals surface area contributed by atoms with Crippen LogP contribution in [0.1, 0.15) is 11.1 Å². The molecule has 3 aromatic carbocycles. The average Bonchev–Trinajstić information content (AvgIpc) is 3.04. The summed E-state index contributed by atoms with van der Waals surface area (Å²) in [5.74, 6) is 0. The maximum atomic E-state index is 12.7. The number of aryl methyl sites for hydroxylation is 2. The highest BCUT2D eigenvalue weighted by Crippen LogP contribution is 2.31. The average molecular weight is 426 g/mol. The van der Waals surface area contributed by atoms with Crippen molar-refractivity contribution in [1.29, 1.82) is 0 Å². The molecule has 0 saturated carbocycles. The summed E-state index contributed by atoms with van der Waals surface area (Å²) in [6.45, 7) is 4.14. The van der Waals surface area contributed by atoms with Crippen molar-refractivity contribution in [3.05, 3.63) is 82.3 Å². The number of benzene rings is 3. The van der Waals surface area contributed by atoms with Crippen LogP contribution in [0, 0.1) is 13.8 Å². The maximum absolute atomic E-state index is 12.7. The van der Waals surface area contributed by atoms with Crippen LogP contribution in [0.3, 0.4) is 0 Å². The Kier molecular flexibility index (Phi) is 4.97. The van der Waals surface area contributed by atoms with Crippen LogP contribution in [-0.4, -0.2) is 18.4 Å². The number of aromatic nitrogens is 2. The second-order valence-corrected chi connectivity index (χ2v) is 9.59. The number of rotatable bonds is 5. The molecule has 4 aromatic rings. The number of H-pyrrole nitrogens is 2. The van der Waals surface area contributed by atoms with Gasteiger partial charge in [-0.2, -0.15) is 0 Å². The number of sulfonamides is 1. The SMILES string of the molecule is Cc1ccc(Sc2ccc(NS(=O)(=O)c3ccc4[nH]c(=O)[nH]c4c3)cc2)c(C)c1. The van der Waals surface area contributed by atoms with Crippen molar-refractivity contribution in [3.8, 4) is 0 Å². The predicted molar refractivity (Wildman–Crippen MR) is 116 cm³/mol. The normalized spacial score (nSPS) is 11.7. The van der Waals surface area contributed by atoms with Crippen LogP contribution in [0.2, 0.25) is 0 Å². The van der Waals surface area contributed by atoms with Crippen LogP contribution in [0.25, 0.3) is 11.0 Å². The minimum absolute atomic E-state index is 0.0778. The van der Waals surface area contributed by atoms with E-state index in [1.165, 1.54) is 23.3 Å². The van der Waals surface area contributed by atoms with Gasteiger partial charge in [0.2, 0.25) is 0 Å². The Balaban J connectivity index is 1.53. The topological polar surface area (TPSA) is 94.8 Å². The van der Waals surface area contributed by atoms with Crippen molar-refractivity contribution >= 4 is 38.5 Å². The van der Waals surface area contributed by atoms with Gasteiger partial charge in [0.1, 0.15) is 0 Å². The van der Waals surface area contributed by atoms with Crippen molar-refractivity contribution in [1.82, 2.24) is 9.97 Å². The molecule has 8 heteroatoms. The second-order valence-electron chi connectivity index (χ2n) is 6.79. The molecule has 0 spiro atoms. The van der Waals surface area contributed by atoms with E-state index in [0.717, 1.165) is 9.79 Å². The summed E-state index contributed by atoms with van der Waals surface area (Å²) < 4.78 is 27.9. The third-order valence-corrected chi connectivity index (χ3v) is 7.03. The zero-order valence-electron chi connectivity index (χ0n) is 15.8. The van der Waals surface area contributed by atoms with Gasteiger partial charge in [0.05, 0.1) is 15.9 Å². The lowest BCUT2D eigenvalue weighted by Crippen LogP contribution is -2.12. The first kappa shape index (κ1) is 19.4. The van der Waals surface area contributed by atoms with Crippen molar-refractivity contribution in [3.63, 3.8) is 0 Å². The van der Waals surface area contributed by atoms with E-state index in [-0.39, 0.29) is 10.6 Å². The zero-order valence-corrected chi connectivity index (χ0v) is 17.4. The van der Waals surface area contributed by atoms with Crippen molar-refractivity contribution in [2.75, 3.05) is 4.72 Å². The summed E-state index contributed by atoms with van der Waals surface area (Å²) in [5.41, 5.74) is 3.52. The van der Waals surface area contributed by atoms with E-state index in [9.17, 15) is 13.2 Å². The van der Waals surface area contributed by atoms with Crippen molar-refractivity contribution in [2.45, 2.75) is 28.5 Å². The van der Waals surface area contributed by atoms with Crippen LogP contribution in [0.5, 0.6) is 0 Å². The van der Waals surface area contributed by atoms with Gasteiger partial charge in [-0.3, -0.25) is 4.72 Å². The molecule has 1 heterocycles. The largest absolute Gasteiger partial charge is 0.323 e. The molecule has 6 nitrogen and oxygen atoms in total. The molecular weight excluding hydrogens is 406 g/mol. The molecule has 0 amide bonds. The number of nitrogens with one attached hydrogen (secondary N) is 3. The van der Waals surface area contributed by atoms with Crippen LogP contribution in [-0.2, 0) is 10.0 Å². The summed E-state index contributed by atoms with van der Waals surface area (Å²) in [6, 6.07) is 18.0. The van der Waals surface area contributed by atoms with Crippen molar-refractivity contribution < 1.29 is 8.42 Å². The number of imidazole rings is 1. The van der Waals surface area contributed by atoms with Gasteiger partial charge in [0.25, 0.3) is 10.0 Å². The lowest BCUT2D eigenvalue weighted by molar-refractivity contribution is 0.601. The number of aromatic amines is 2. The predicted octanol–water partition coefficient (Wildman–Crippen LogP) is 4.43. The first-order valence-electron chi connectivity index (χ1n) is 8.90. The molecule has 0 aliphatic heterocycles. The minimum Gasteiger partial charge on any atom is -0.306 e. The highest BCUT2D eigenvalue weighted by molar-refractivity contribution is 7.99. The summed E-state index contributed by atoms with van der Waals surface area (Å²) in [7, 11) is -3.77. The van der Waals surface area contributed by atoms with E-state index in [1.807, 2.05) is 12.1 Å². The third-order valence-electron chi connectivity index (χ3n) is 4.46. The lowest BCUT2D eigenvalue weighted by Gasteiger charge is -2.10. The van der Waals surface area contributed by atoms with E-state index >= 15 is 0 Å². The molecule has 0 fully saturated rings. The van der Waals surface area contributed by atoms with Crippen LogP contribution >= 0.6 is 11.8 Å². The second kappa shape index (κ2) is 7.46. The van der Waals surface area contributed by atoms with Crippen LogP contribution in [0.4, 0.5) is 5.69 Å². The molecule has 0 saturated heterocycles. The molecule has 0 atom stereocenters. The zero-order chi connectivity index (χ0) is 20.6. The Hall–Kier alpha value is -2.97. The van der Waals surface area contributed by atoms with Gasteiger partial charge in [-0.15, -0.1) is 0 Å². The van der Waals surface area contributed by atoms with E-state index < -0.39 is 10.0 Å². The molecule has 3 N–H and O–H groups in total. The summed E-state index contributed by atoms with van der Waals surface area (Å²) >= 11 is 1.64. The molecule has 0 aliphatic rings. The number of hydrogen-bond donors (Lipinski definition) is 3. The smallest absolute Gasteiger partial charge is 0.306 e. The van der Waals surface area contributed by atoms with Gasteiger partial charge in [-0.1, -0.05) is 29.5 Å². The fourth-order valence-corrected chi connectivity index (χ4v) is 4.99. The summed E-state index contributed by atoms with van der Waals surface area (Å²) in [5, 5.41) is 0. The van der Waals surface area contributed by atoms with Gasteiger partial charge in [-0.25, -0.2) is 13.2 Å². The fourth-order valence-electron chi connectivity index (χ4n) is 3.02. The van der Waals surface area contributed by atoms with E-state index in [4.69, 9.17) is 0 Å². The summed E-state index contributed by atoms with van der Waals surface area (Å²) in [6.07, 6.45) is 0. The van der Waals surface area contributed by atoms with Gasteiger partial charge >= 0.3 is 5.69 Å². The van der Waals surface area contributed by atoms with E-state index in [1.54, 1.807) is 30.0 Å². The fraction of sp³-hybridized carbons (Fsp3) is 0.0952. The molecule has 0 radical (unpaired) electrons. The number of anilines is 1. The molecule has 29 heavy (non-hydrogen) atoms. The van der Waals surface area contributed by atoms with Gasteiger partial charge in [0.15, 0.2) is 0 Å². The molecular formula is C21H19N3O3S2. The number of fused-ring (bicyclic) bond motifs is 1. The Labute approximate surface area is 172 Å². The molecule has 1 aromatic heterocycles. The maximum Gasteiger partial charge on any atom is 0.323 e. The minimum atomic E-state index is -3.77. The van der Waals surface area contributed by atoms with E-state index in [2.05, 4.69) is 46.7 Å². The highest BCUT2D eigenvalue weighted by Gasteiger charge is 2.15. The quantitative estimate of drug-likeness (QED) is 0.441. The standard InChI is InChI=1S/C21H19N3O3S2/c1-13-3-10-20(14(2)11-13)28-16-6-4-15(5-7-16)24-29(26,27)17-8-9-18-19(12-17)23-21(25)22-18/h3-12,24H,1-2H3,(H2,22,23,25). The van der Waals surface area contributed by atoms with Gasteiger partial charge in [0, 0.05) is 15.5 Å². The first-order chi connectivity index (χ1) is 13.8. The van der Waals surface area contributed by atoms with Gasteiger partial charge in [-0.05, 0) is 67.9 Å². The Morgan fingerprint density at radius 3 is 2.31 bits per heavy atom. The van der Waals surface area contributed by atoms with E-state index in [0.29, 0.717) is 16.7 Å². The Bertz CT molecular complexity index is 1350. The monoisotopic (exact) mass is 425 g/mol. The lowest BCUT2D eigenvalue weighted by atomic mass is 10.2. The van der Waals surface area contributed by atoms with Crippen LogP contribution < -0.4 is 10.4 Å². The third kappa shape index (κ3) is 4.23. The van der Waals surface area contributed by atoms with Gasteiger partial charge < -0.3 is 9.97 Å². The highest BCUT2D eigenvalue weighted by atomic mass is 32.2. The van der Waals surface area contributed by atoms with Crippen LogP contribution in [0.15, 0.2) is 80.1 Å². The molecule has 0 bridgehead atoms. The Morgan fingerprint density at radius 1 is 0.862 bits per heavy atom.